The summed E-state index contributed by atoms with van der Waals surface area (Å²) >= 11 is 0. The highest BCUT2D eigenvalue weighted by Gasteiger charge is 2.28. The highest BCUT2D eigenvalue weighted by Crippen LogP contribution is 2.29. The molecule has 2 atom stereocenters. The van der Waals surface area contributed by atoms with Crippen molar-refractivity contribution >= 4 is 18.3 Å². The molecular formula is C18H29ClN2O3. The summed E-state index contributed by atoms with van der Waals surface area (Å²) < 4.78 is 10.6. The Bertz CT molecular complexity index is 537. The predicted octanol–water partition coefficient (Wildman–Crippen LogP) is 2.79. The minimum Gasteiger partial charge on any atom is -0.493 e. The molecule has 0 saturated carbocycles. The minimum absolute atomic E-state index is 0. The summed E-state index contributed by atoms with van der Waals surface area (Å²) in [5, 5.41) is 0. The second-order valence-corrected chi connectivity index (χ2v) is 6.20. The number of nitrogens with zero attached hydrogens (tertiary/aromatic N) is 1. The lowest BCUT2D eigenvalue weighted by Crippen LogP contribution is -2.49. The Kier molecular flexibility index (Phi) is 8.36. The Labute approximate surface area is 150 Å². The van der Waals surface area contributed by atoms with Crippen LogP contribution in [-0.2, 0) is 11.2 Å². The molecule has 1 aliphatic heterocycles. The summed E-state index contributed by atoms with van der Waals surface area (Å²) in [4.78, 5) is 14.2. The summed E-state index contributed by atoms with van der Waals surface area (Å²) in [6.45, 7) is 2.60. The van der Waals surface area contributed by atoms with E-state index in [1.807, 2.05) is 17.0 Å². The number of methoxy groups -OCH3 is 2. The van der Waals surface area contributed by atoms with Gasteiger partial charge in [-0.1, -0.05) is 6.07 Å². The molecule has 1 fully saturated rings. The van der Waals surface area contributed by atoms with Gasteiger partial charge in [-0.05, 0) is 56.7 Å². The second-order valence-electron chi connectivity index (χ2n) is 6.20. The zero-order chi connectivity index (χ0) is 16.8. The van der Waals surface area contributed by atoms with E-state index in [0.29, 0.717) is 0 Å². The summed E-state index contributed by atoms with van der Waals surface area (Å²) in [5.74, 6) is 1.56. The van der Waals surface area contributed by atoms with E-state index in [4.69, 9.17) is 15.2 Å². The van der Waals surface area contributed by atoms with E-state index in [9.17, 15) is 4.79 Å². The van der Waals surface area contributed by atoms with Gasteiger partial charge in [0.25, 0.3) is 0 Å². The summed E-state index contributed by atoms with van der Waals surface area (Å²) in [6.07, 6.45) is 5.18. The van der Waals surface area contributed by atoms with Crippen LogP contribution in [0.4, 0.5) is 0 Å². The number of hydrogen-bond donors (Lipinski definition) is 1. The van der Waals surface area contributed by atoms with Crippen molar-refractivity contribution in [1.29, 1.82) is 0 Å². The number of carbonyl (C=O) groups excluding carboxylic acids is 1. The van der Waals surface area contributed by atoms with Crippen LogP contribution in [-0.4, -0.2) is 43.7 Å². The van der Waals surface area contributed by atoms with E-state index in [-0.39, 0.29) is 24.4 Å². The zero-order valence-corrected chi connectivity index (χ0v) is 15.6. The number of piperidine rings is 1. The lowest BCUT2D eigenvalue weighted by atomic mass is 9.95. The van der Waals surface area contributed by atoms with Crippen molar-refractivity contribution in [2.45, 2.75) is 51.1 Å². The highest BCUT2D eigenvalue weighted by atomic mass is 35.5. The summed E-state index contributed by atoms with van der Waals surface area (Å²) in [7, 11) is 3.28. The SMILES string of the molecule is COc1ccc(CCC2CCCCN2C(=O)[C@H](C)N)cc1OC.Cl. The molecule has 1 unspecified atom stereocenters. The zero-order valence-electron chi connectivity index (χ0n) is 14.8. The monoisotopic (exact) mass is 356 g/mol. The molecule has 0 aliphatic carbocycles. The van der Waals surface area contributed by atoms with Gasteiger partial charge in [-0.15, -0.1) is 12.4 Å². The van der Waals surface area contributed by atoms with E-state index in [2.05, 4.69) is 6.07 Å². The molecule has 1 amide bonds. The first-order valence-corrected chi connectivity index (χ1v) is 8.33. The van der Waals surface area contributed by atoms with Crippen LogP contribution in [0.25, 0.3) is 0 Å². The summed E-state index contributed by atoms with van der Waals surface area (Å²) in [6, 6.07) is 5.87. The van der Waals surface area contributed by atoms with Crippen molar-refractivity contribution in [2.24, 2.45) is 5.73 Å². The molecule has 0 aromatic heterocycles. The molecule has 0 spiro atoms. The first-order valence-electron chi connectivity index (χ1n) is 8.33. The highest BCUT2D eigenvalue weighted by molar-refractivity contribution is 5.85. The van der Waals surface area contributed by atoms with Crippen LogP contribution in [0.1, 0.15) is 38.2 Å². The van der Waals surface area contributed by atoms with E-state index >= 15 is 0 Å². The van der Waals surface area contributed by atoms with Crippen LogP contribution in [0.3, 0.4) is 0 Å². The molecule has 1 aliphatic rings. The molecule has 24 heavy (non-hydrogen) atoms. The lowest BCUT2D eigenvalue weighted by molar-refractivity contribution is -0.136. The van der Waals surface area contributed by atoms with E-state index < -0.39 is 6.04 Å². The molecule has 1 heterocycles. The van der Waals surface area contributed by atoms with Crippen LogP contribution in [0, 0.1) is 0 Å². The molecule has 1 aromatic carbocycles. The molecule has 6 heteroatoms. The Morgan fingerprint density at radius 2 is 2.00 bits per heavy atom. The van der Waals surface area contributed by atoms with Gasteiger partial charge in [0.2, 0.25) is 5.91 Å². The fraction of sp³-hybridized carbons (Fsp3) is 0.611. The molecule has 1 aromatic rings. The predicted molar refractivity (Wildman–Crippen MR) is 98.1 cm³/mol. The normalized spacial score (nSPS) is 18.5. The third-order valence-corrected chi connectivity index (χ3v) is 4.51. The maximum Gasteiger partial charge on any atom is 0.239 e. The molecule has 0 bridgehead atoms. The number of benzene rings is 1. The number of aryl methyl sites for hydroxylation is 1. The van der Waals surface area contributed by atoms with Gasteiger partial charge >= 0.3 is 0 Å². The van der Waals surface area contributed by atoms with Gasteiger partial charge in [0.15, 0.2) is 11.5 Å². The topological polar surface area (TPSA) is 64.8 Å². The summed E-state index contributed by atoms with van der Waals surface area (Å²) in [5.41, 5.74) is 6.98. The number of amides is 1. The van der Waals surface area contributed by atoms with Crippen molar-refractivity contribution in [3.63, 3.8) is 0 Å². The van der Waals surface area contributed by atoms with Gasteiger partial charge in [0.1, 0.15) is 0 Å². The van der Waals surface area contributed by atoms with Crippen LogP contribution in [0.15, 0.2) is 18.2 Å². The largest absolute Gasteiger partial charge is 0.493 e. The van der Waals surface area contributed by atoms with E-state index in [0.717, 1.165) is 43.7 Å². The smallest absolute Gasteiger partial charge is 0.239 e. The van der Waals surface area contributed by atoms with Crippen molar-refractivity contribution in [1.82, 2.24) is 4.90 Å². The van der Waals surface area contributed by atoms with E-state index in [1.54, 1.807) is 21.1 Å². The Morgan fingerprint density at radius 3 is 2.62 bits per heavy atom. The number of carbonyl (C=O) groups is 1. The first kappa shape index (κ1) is 20.6. The Morgan fingerprint density at radius 1 is 1.29 bits per heavy atom. The number of likely N-dealkylation sites (tertiary alicyclic amines) is 1. The second kappa shape index (κ2) is 9.74. The average Bonchev–Trinajstić information content (AvgIpc) is 2.59. The van der Waals surface area contributed by atoms with Gasteiger partial charge in [-0.3, -0.25) is 4.79 Å². The Balaban J connectivity index is 0.00000288. The molecule has 5 nitrogen and oxygen atoms in total. The molecule has 2 rings (SSSR count). The number of ether oxygens (including phenoxy) is 2. The van der Waals surface area contributed by atoms with E-state index in [1.165, 1.54) is 12.0 Å². The van der Waals surface area contributed by atoms with Gasteiger partial charge in [0.05, 0.1) is 20.3 Å². The van der Waals surface area contributed by atoms with Crippen molar-refractivity contribution in [3.05, 3.63) is 23.8 Å². The first-order chi connectivity index (χ1) is 11.1. The third-order valence-electron chi connectivity index (χ3n) is 4.51. The van der Waals surface area contributed by atoms with Crippen molar-refractivity contribution in [3.8, 4) is 11.5 Å². The number of nitrogens with two attached hydrogens (primary N) is 1. The average molecular weight is 357 g/mol. The van der Waals surface area contributed by atoms with Crippen LogP contribution < -0.4 is 15.2 Å². The van der Waals surface area contributed by atoms with Gasteiger partial charge < -0.3 is 20.1 Å². The molecule has 2 N–H and O–H groups in total. The number of halogens is 1. The number of hydrogen-bond acceptors (Lipinski definition) is 4. The standard InChI is InChI=1S/C18H28N2O3.ClH/c1-13(19)18(21)20-11-5-4-6-15(20)9-7-14-8-10-16(22-2)17(12-14)23-3;/h8,10,12-13,15H,4-7,9,11,19H2,1-3H3;1H/t13-,15?;/m0./s1. The molecule has 136 valence electrons. The van der Waals surface area contributed by atoms with Crippen molar-refractivity contribution in [2.75, 3.05) is 20.8 Å². The van der Waals surface area contributed by atoms with Crippen LogP contribution >= 0.6 is 12.4 Å². The lowest BCUT2D eigenvalue weighted by Gasteiger charge is -2.37. The third kappa shape index (κ3) is 5.02. The van der Waals surface area contributed by atoms with Gasteiger partial charge in [-0.25, -0.2) is 0 Å². The number of rotatable bonds is 6. The van der Waals surface area contributed by atoms with Gasteiger partial charge in [-0.2, -0.15) is 0 Å². The van der Waals surface area contributed by atoms with Crippen LogP contribution in [0.5, 0.6) is 11.5 Å². The maximum absolute atomic E-state index is 12.3. The minimum atomic E-state index is -0.420. The molecule has 0 radical (unpaired) electrons. The Hall–Kier alpha value is -1.46. The van der Waals surface area contributed by atoms with Crippen LogP contribution in [0.2, 0.25) is 0 Å². The van der Waals surface area contributed by atoms with Crippen molar-refractivity contribution < 1.29 is 14.3 Å². The fourth-order valence-electron chi connectivity index (χ4n) is 3.22. The van der Waals surface area contributed by atoms with Gasteiger partial charge in [0, 0.05) is 12.6 Å². The molecular weight excluding hydrogens is 328 g/mol. The fourth-order valence-corrected chi connectivity index (χ4v) is 3.22. The quantitative estimate of drug-likeness (QED) is 0.851. The molecule has 1 saturated heterocycles. The maximum atomic E-state index is 12.3.